The topological polar surface area (TPSA) is 27.1 Å². The van der Waals surface area contributed by atoms with E-state index < -0.39 is 0 Å². The number of ether oxygens (including phenoxy) is 1. The molecule has 0 saturated heterocycles. The molecule has 0 radical (unpaired) electrons. The van der Waals surface area contributed by atoms with Gasteiger partial charge in [-0.05, 0) is 36.8 Å². The Morgan fingerprint density at radius 3 is 2.71 bits per heavy atom. The quantitative estimate of drug-likeness (QED) is 0.586. The second kappa shape index (κ2) is 7.56. The average Bonchev–Trinajstić information content (AvgIpc) is 3.12. The zero-order valence-electron chi connectivity index (χ0n) is 13.1. The maximum absolute atomic E-state index is 6.06. The Kier molecular flexibility index (Phi) is 5.24. The first-order valence-corrected chi connectivity index (χ1v) is 8.25. The molecule has 3 nitrogen and oxygen atoms in total. The van der Waals surface area contributed by atoms with Crippen molar-refractivity contribution in [2.45, 2.75) is 13.5 Å². The van der Waals surface area contributed by atoms with E-state index in [9.17, 15) is 0 Å². The Labute approximate surface area is 151 Å². The van der Waals surface area contributed by atoms with Gasteiger partial charge in [0.1, 0.15) is 12.4 Å². The van der Waals surface area contributed by atoms with Gasteiger partial charge in [0.2, 0.25) is 0 Å². The fourth-order valence-electron chi connectivity index (χ4n) is 2.44. The molecule has 0 amide bonds. The lowest BCUT2D eigenvalue weighted by Gasteiger charge is -2.15. The van der Waals surface area contributed by atoms with Crippen LogP contribution in [0.4, 0.5) is 0 Å². The molecule has 0 atom stereocenters. The van der Waals surface area contributed by atoms with Crippen molar-refractivity contribution in [1.82, 2.24) is 9.55 Å². The summed E-state index contributed by atoms with van der Waals surface area (Å²) < 4.78 is 7.98. The lowest BCUT2D eigenvalue weighted by Crippen LogP contribution is -2.02. The molecule has 1 heterocycles. The second-order valence-corrected chi connectivity index (χ2v) is 5.99. The van der Waals surface area contributed by atoms with Gasteiger partial charge in [-0.2, -0.15) is 0 Å². The summed E-state index contributed by atoms with van der Waals surface area (Å²) in [7, 11) is 0. The Morgan fingerprint density at radius 1 is 1.17 bits per heavy atom. The molecule has 0 aliphatic rings. The average molecular weight is 359 g/mol. The maximum atomic E-state index is 6.06. The van der Waals surface area contributed by atoms with Gasteiger partial charge >= 0.3 is 0 Å². The highest BCUT2D eigenvalue weighted by Crippen LogP contribution is 2.28. The predicted octanol–water partition coefficient (Wildman–Crippen LogP) is 5.68. The number of aromatic nitrogens is 2. The van der Waals surface area contributed by atoms with Gasteiger partial charge in [0.25, 0.3) is 0 Å². The summed E-state index contributed by atoms with van der Waals surface area (Å²) in [5.41, 5.74) is 2.97. The summed E-state index contributed by atoms with van der Waals surface area (Å²) in [6.07, 6.45) is 7.46. The molecule has 24 heavy (non-hydrogen) atoms. The van der Waals surface area contributed by atoms with Crippen LogP contribution < -0.4 is 4.74 Å². The van der Waals surface area contributed by atoms with Crippen LogP contribution in [0, 0.1) is 0 Å². The Hall–Kier alpha value is -2.23. The highest BCUT2D eigenvalue weighted by Gasteiger charge is 2.10. The van der Waals surface area contributed by atoms with Crippen LogP contribution in [0.1, 0.15) is 18.1 Å². The van der Waals surface area contributed by atoms with E-state index >= 15 is 0 Å². The number of hydrogen-bond donors (Lipinski definition) is 0. The normalized spacial score (nSPS) is 11.5. The van der Waals surface area contributed by atoms with Crippen LogP contribution in [0.5, 0.6) is 5.75 Å². The van der Waals surface area contributed by atoms with E-state index in [0.29, 0.717) is 16.7 Å². The molecule has 122 valence electrons. The van der Waals surface area contributed by atoms with Crippen LogP contribution in [0.15, 0.2) is 67.3 Å². The molecule has 0 bridgehead atoms. The minimum atomic E-state index is 0.412. The van der Waals surface area contributed by atoms with Gasteiger partial charge in [-0.3, -0.25) is 0 Å². The molecule has 3 aromatic rings. The summed E-state index contributed by atoms with van der Waals surface area (Å²) in [4.78, 5) is 4.11. The number of hydrogen-bond acceptors (Lipinski definition) is 2. The monoisotopic (exact) mass is 358 g/mol. The minimum absolute atomic E-state index is 0.412. The van der Waals surface area contributed by atoms with E-state index in [4.69, 9.17) is 27.9 Å². The second-order valence-electron chi connectivity index (χ2n) is 5.18. The minimum Gasteiger partial charge on any atom is -0.488 e. The van der Waals surface area contributed by atoms with E-state index in [1.54, 1.807) is 18.6 Å². The lowest BCUT2D eigenvalue weighted by molar-refractivity contribution is 0.305. The zero-order chi connectivity index (χ0) is 16.9. The smallest absolute Gasteiger partial charge is 0.129 e. The highest BCUT2D eigenvalue weighted by molar-refractivity contribution is 6.42. The molecule has 0 aliphatic heterocycles. The number of halogens is 2. The molecule has 2 aromatic carbocycles. The van der Waals surface area contributed by atoms with Crippen molar-refractivity contribution in [1.29, 1.82) is 0 Å². The van der Waals surface area contributed by atoms with Gasteiger partial charge in [-0.15, -0.1) is 0 Å². The van der Waals surface area contributed by atoms with Gasteiger partial charge in [0.05, 0.1) is 22.1 Å². The fourth-order valence-corrected chi connectivity index (χ4v) is 2.76. The largest absolute Gasteiger partial charge is 0.488 e. The van der Waals surface area contributed by atoms with Crippen molar-refractivity contribution >= 4 is 28.9 Å². The first-order chi connectivity index (χ1) is 11.7. The maximum Gasteiger partial charge on any atom is 0.129 e. The standard InChI is InChI=1S/C19H16Cl2N2O/c1-2-18(23-10-9-22-13-23)15-5-3-4-6-19(15)24-12-14-7-8-16(20)17(21)11-14/h2-11,13H,12H2,1H3. The third-order valence-corrected chi connectivity index (χ3v) is 4.34. The van der Waals surface area contributed by atoms with Gasteiger partial charge < -0.3 is 9.30 Å². The first kappa shape index (κ1) is 16.6. The summed E-state index contributed by atoms with van der Waals surface area (Å²) in [6, 6.07) is 13.4. The Bertz CT molecular complexity index is 858. The summed E-state index contributed by atoms with van der Waals surface area (Å²) >= 11 is 12.0. The van der Waals surface area contributed by atoms with Crippen molar-refractivity contribution in [3.63, 3.8) is 0 Å². The van der Waals surface area contributed by atoms with Crippen LogP contribution in [-0.2, 0) is 6.61 Å². The highest BCUT2D eigenvalue weighted by atomic mass is 35.5. The number of allylic oxidation sites excluding steroid dienone is 1. The van der Waals surface area contributed by atoms with E-state index in [1.165, 1.54) is 0 Å². The Balaban J connectivity index is 1.85. The van der Waals surface area contributed by atoms with Gasteiger partial charge in [-0.25, -0.2) is 4.98 Å². The first-order valence-electron chi connectivity index (χ1n) is 7.50. The van der Waals surface area contributed by atoms with Crippen molar-refractivity contribution in [3.8, 4) is 5.75 Å². The predicted molar refractivity (Wildman–Crippen MR) is 98.5 cm³/mol. The SMILES string of the molecule is CC=C(c1ccccc1OCc1ccc(Cl)c(Cl)c1)n1ccnc1. The molecule has 3 rings (SSSR count). The molecule has 0 saturated carbocycles. The third-order valence-electron chi connectivity index (χ3n) is 3.60. The summed E-state index contributed by atoms with van der Waals surface area (Å²) in [6.45, 7) is 2.40. The molecule has 5 heteroatoms. The molecule has 0 spiro atoms. The number of para-hydroxylation sites is 1. The third kappa shape index (κ3) is 3.64. The number of rotatable bonds is 5. The number of imidazole rings is 1. The summed E-state index contributed by atoms with van der Waals surface area (Å²) in [5.74, 6) is 0.797. The lowest BCUT2D eigenvalue weighted by atomic mass is 10.1. The van der Waals surface area contributed by atoms with Crippen molar-refractivity contribution in [2.75, 3.05) is 0 Å². The molecule has 1 aromatic heterocycles. The van der Waals surface area contributed by atoms with E-state index in [-0.39, 0.29) is 0 Å². The molecule has 0 fully saturated rings. The molecule has 0 N–H and O–H groups in total. The van der Waals surface area contributed by atoms with Gasteiger partial charge in [-0.1, -0.05) is 47.5 Å². The van der Waals surface area contributed by atoms with E-state index in [2.05, 4.69) is 4.98 Å². The van der Waals surface area contributed by atoms with Gasteiger partial charge in [0, 0.05) is 18.0 Å². The van der Waals surface area contributed by atoms with Crippen molar-refractivity contribution in [3.05, 3.63) is 88.4 Å². The summed E-state index contributed by atoms with van der Waals surface area (Å²) in [5, 5.41) is 1.07. The van der Waals surface area contributed by atoms with Crippen LogP contribution >= 0.6 is 23.2 Å². The zero-order valence-corrected chi connectivity index (χ0v) is 14.6. The number of nitrogens with zero attached hydrogens (tertiary/aromatic N) is 2. The fraction of sp³-hybridized carbons (Fsp3) is 0.105. The van der Waals surface area contributed by atoms with Crippen LogP contribution in [0.2, 0.25) is 10.0 Å². The van der Waals surface area contributed by atoms with Crippen molar-refractivity contribution in [2.24, 2.45) is 0 Å². The van der Waals surface area contributed by atoms with Crippen LogP contribution in [0.25, 0.3) is 5.70 Å². The van der Waals surface area contributed by atoms with Gasteiger partial charge in [0.15, 0.2) is 0 Å². The molecular weight excluding hydrogens is 343 g/mol. The van der Waals surface area contributed by atoms with Crippen LogP contribution in [0.3, 0.4) is 0 Å². The van der Waals surface area contributed by atoms with Crippen LogP contribution in [-0.4, -0.2) is 9.55 Å². The van der Waals surface area contributed by atoms with Crippen molar-refractivity contribution < 1.29 is 4.74 Å². The molecular formula is C19H16Cl2N2O. The Morgan fingerprint density at radius 2 is 2.00 bits per heavy atom. The molecule has 0 unspecified atom stereocenters. The number of benzene rings is 2. The van der Waals surface area contributed by atoms with E-state index in [1.807, 2.05) is 60.2 Å². The van der Waals surface area contributed by atoms with E-state index in [0.717, 1.165) is 22.6 Å². The molecule has 0 aliphatic carbocycles.